The van der Waals surface area contributed by atoms with Crippen LogP contribution in [0.5, 0.6) is 0 Å². The minimum Gasteiger partial charge on any atom is -0.350 e. The quantitative estimate of drug-likeness (QED) is 0.520. The second-order valence-corrected chi connectivity index (χ2v) is 7.94. The van der Waals surface area contributed by atoms with Crippen molar-refractivity contribution in [1.82, 2.24) is 24.9 Å². The first-order chi connectivity index (χ1) is 14.8. The number of nitrogens with zero attached hydrogens (tertiary/aromatic N) is 4. The van der Waals surface area contributed by atoms with Crippen LogP contribution in [0.4, 0.5) is 0 Å². The fourth-order valence-corrected chi connectivity index (χ4v) is 3.58. The maximum atomic E-state index is 13.1. The summed E-state index contributed by atoms with van der Waals surface area (Å²) in [6.07, 6.45) is 0. The monoisotopic (exact) mass is 435 g/mol. The normalized spacial score (nSPS) is 11.1. The summed E-state index contributed by atoms with van der Waals surface area (Å²) in [4.78, 5) is 25.5. The van der Waals surface area contributed by atoms with E-state index in [0.717, 1.165) is 16.8 Å². The van der Waals surface area contributed by atoms with Crippen LogP contribution in [-0.2, 0) is 17.9 Å². The maximum Gasteiger partial charge on any atom is 0.278 e. The van der Waals surface area contributed by atoms with Gasteiger partial charge in [-0.1, -0.05) is 41.4 Å². The van der Waals surface area contributed by atoms with Crippen molar-refractivity contribution in [3.8, 4) is 5.69 Å². The van der Waals surface area contributed by atoms with Gasteiger partial charge in [-0.2, -0.15) is 10.2 Å². The van der Waals surface area contributed by atoms with Gasteiger partial charge in [0.15, 0.2) is 0 Å². The maximum absolute atomic E-state index is 13.1. The van der Waals surface area contributed by atoms with E-state index in [1.165, 1.54) is 4.68 Å². The number of carbonyl (C=O) groups excluding carboxylic acids is 1. The van der Waals surface area contributed by atoms with E-state index in [4.69, 9.17) is 11.6 Å². The Morgan fingerprint density at radius 2 is 1.68 bits per heavy atom. The predicted molar refractivity (Wildman–Crippen MR) is 121 cm³/mol. The van der Waals surface area contributed by atoms with Crippen LogP contribution in [-0.4, -0.2) is 25.5 Å². The van der Waals surface area contributed by atoms with Gasteiger partial charge in [-0.15, -0.1) is 0 Å². The van der Waals surface area contributed by atoms with E-state index in [0.29, 0.717) is 33.9 Å². The lowest BCUT2D eigenvalue weighted by molar-refractivity contribution is -0.122. The highest BCUT2D eigenvalue weighted by molar-refractivity contribution is 6.30. The Balaban J connectivity index is 1.61. The van der Waals surface area contributed by atoms with Crippen LogP contribution in [0, 0.1) is 20.8 Å². The van der Waals surface area contributed by atoms with E-state index < -0.39 is 0 Å². The van der Waals surface area contributed by atoms with Gasteiger partial charge in [0.2, 0.25) is 5.91 Å². The Morgan fingerprint density at radius 1 is 1.00 bits per heavy atom. The molecule has 0 aliphatic rings. The first-order valence-corrected chi connectivity index (χ1v) is 10.3. The number of carbonyl (C=O) groups is 1. The third-order valence-electron chi connectivity index (χ3n) is 5.15. The number of hydrogen-bond donors (Lipinski definition) is 1. The summed E-state index contributed by atoms with van der Waals surface area (Å²) in [5.74, 6) is -0.281. The summed E-state index contributed by atoms with van der Waals surface area (Å²) < 4.78 is 2.89. The van der Waals surface area contributed by atoms with Crippen molar-refractivity contribution in [2.45, 2.75) is 33.9 Å². The van der Waals surface area contributed by atoms with Crippen molar-refractivity contribution in [3.63, 3.8) is 0 Å². The van der Waals surface area contributed by atoms with E-state index in [1.807, 2.05) is 50.2 Å². The SMILES string of the molecule is Cc1ccc(CNC(=O)Cn2nc(C)c3nn(-c4ccc(Cl)cc4)c(C)c3c2=O)cc1. The highest BCUT2D eigenvalue weighted by Gasteiger charge is 2.18. The summed E-state index contributed by atoms with van der Waals surface area (Å²) in [6, 6.07) is 15.1. The lowest BCUT2D eigenvalue weighted by Gasteiger charge is -2.08. The molecule has 0 aliphatic carbocycles. The summed E-state index contributed by atoms with van der Waals surface area (Å²) >= 11 is 5.98. The average Bonchev–Trinajstić information content (AvgIpc) is 3.10. The molecule has 7 nitrogen and oxygen atoms in total. The van der Waals surface area contributed by atoms with E-state index in [1.54, 1.807) is 23.7 Å². The zero-order valence-electron chi connectivity index (χ0n) is 17.5. The Morgan fingerprint density at radius 3 is 2.35 bits per heavy atom. The molecule has 4 aromatic rings. The second kappa shape index (κ2) is 8.35. The van der Waals surface area contributed by atoms with Crippen molar-refractivity contribution in [2.75, 3.05) is 0 Å². The molecular weight excluding hydrogens is 414 g/mol. The van der Waals surface area contributed by atoms with Crippen molar-refractivity contribution in [2.24, 2.45) is 0 Å². The Kier molecular flexibility index (Phi) is 5.61. The molecule has 1 N–H and O–H groups in total. The minimum atomic E-state index is -0.344. The number of benzene rings is 2. The van der Waals surface area contributed by atoms with Crippen LogP contribution in [0.3, 0.4) is 0 Å². The minimum absolute atomic E-state index is 0.160. The van der Waals surface area contributed by atoms with Crippen LogP contribution in [0.1, 0.15) is 22.5 Å². The molecule has 4 rings (SSSR count). The molecule has 2 aromatic carbocycles. The van der Waals surface area contributed by atoms with E-state index in [-0.39, 0.29) is 18.0 Å². The Bertz CT molecular complexity index is 1320. The molecule has 0 radical (unpaired) electrons. The molecule has 0 atom stereocenters. The van der Waals surface area contributed by atoms with Gasteiger partial charge in [-0.25, -0.2) is 9.36 Å². The van der Waals surface area contributed by atoms with Crippen LogP contribution in [0.2, 0.25) is 5.02 Å². The second-order valence-electron chi connectivity index (χ2n) is 7.51. The van der Waals surface area contributed by atoms with E-state index in [2.05, 4.69) is 15.5 Å². The van der Waals surface area contributed by atoms with Crippen LogP contribution in [0.25, 0.3) is 16.6 Å². The summed E-state index contributed by atoms with van der Waals surface area (Å²) in [7, 11) is 0. The molecule has 1 amide bonds. The molecule has 2 heterocycles. The number of fused-ring (bicyclic) bond motifs is 1. The van der Waals surface area contributed by atoms with Crippen molar-refractivity contribution in [1.29, 1.82) is 0 Å². The van der Waals surface area contributed by atoms with E-state index >= 15 is 0 Å². The molecule has 158 valence electrons. The molecule has 0 bridgehead atoms. The van der Waals surface area contributed by atoms with Gasteiger partial charge in [0.1, 0.15) is 12.1 Å². The number of aromatic nitrogens is 4. The number of halogens is 1. The van der Waals surface area contributed by atoms with Gasteiger partial charge in [0.25, 0.3) is 5.56 Å². The number of amides is 1. The summed E-state index contributed by atoms with van der Waals surface area (Å²) in [5.41, 5.74) is 4.38. The first-order valence-electron chi connectivity index (χ1n) is 9.88. The molecule has 0 fully saturated rings. The van der Waals surface area contributed by atoms with Gasteiger partial charge in [0.05, 0.1) is 22.5 Å². The van der Waals surface area contributed by atoms with Crippen LogP contribution in [0.15, 0.2) is 53.3 Å². The largest absolute Gasteiger partial charge is 0.350 e. The Labute approximate surface area is 184 Å². The smallest absolute Gasteiger partial charge is 0.278 e. The Hall–Kier alpha value is -3.45. The molecule has 0 spiro atoms. The fraction of sp³-hybridized carbons (Fsp3) is 0.217. The van der Waals surface area contributed by atoms with Crippen molar-refractivity contribution < 1.29 is 4.79 Å². The van der Waals surface area contributed by atoms with Crippen LogP contribution < -0.4 is 10.9 Å². The third-order valence-corrected chi connectivity index (χ3v) is 5.40. The fourth-order valence-electron chi connectivity index (χ4n) is 3.45. The average molecular weight is 436 g/mol. The highest BCUT2D eigenvalue weighted by atomic mass is 35.5. The lowest BCUT2D eigenvalue weighted by Crippen LogP contribution is -2.33. The number of rotatable bonds is 5. The van der Waals surface area contributed by atoms with Gasteiger partial charge >= 0.3 is 0 Å². The molecule has 8 heteroatoms. The van der Waals surface area contributed by atoms with Gasteiger partial charge in [-0.3, -0.25) is 9.59 Å². The van der Waals surface area contributed by atoms with Gasteiger partial charge < -0.3 is 5.32 Å². The molecule has 31 heavy (non-hydrogen) atoms. The molecule has 0 saturated carbocycles. The molecular formula is C23H22ClN5O2. The predicted octanol–water partition coefficient (Wildman–Crippen LogP) is 3.48. The molecule has 0 unspecified atom stereocenters. The van der Waals surface area contributed by atoms with Crippen molar-refractivity contribution >= 4 is 28.4 Å². The van der Waals surface area contributed by atoms with Gasteiger partial charge in [0, 0.05) is 11.6 Å². The zero-order valence-corrected chi connectivity index (χ0v) is 18.3. The third kappa shape index (κ3) is 4.22. The standard InChI is InChI=1S/C23H22ClN5O2/c1-14-4-6-17(7-5-14)12-25-20(30)13-28-23(31)21-16(3)29(27-22(21)15(2)26-28)19-10-8-18(24)9-11-19/h4-11H,12-13H2,1-3H3,(H,25,30). The molecule has 0 aliphatic heterocycles. The first kappa shape index (κ1) is 20.8. The lowest BCUT2D eigenvalue weighted by atomic mass is 10.1. The summed E-state index contributed by atoms with van der Waals surface area (Å²) in [6.45, 7) is 5.85. The number of hydrogen-bond acceptors (Lipinski definition) is 4. The number of nitrogens with one attached hydrogen (secondary N) is 1. The molecule has 0 saturated heterocycles. The molecule has 2 aromatic heterocycles. The van der Waals surface area contributed by atoms with Crippen molar-refractivity contribution in [3.05, 3.63) is 86.4 Å². The van der Waals surface area contributed by atoms with Crippen LogP contribution >= 0.6 is 11.6 Å². The van der Waals surface area contributed by atoms with Gasteiger partial charge in [-0.05, 0) is 50.6 Å². The summed E-state index contributed by atoms with van der Waals surface area (Å²) in [5, 5.41) is 12.8. The van der Waals surface area contributed by atoms with E-state index in [9.17, 15) is 9.59 Å². The highest BCUT2D eigenvalue weighted by Crippen LogP contribution is 2.21. The zero-order chi connectivity index (χ0) is 22.1. The topological polar surface area (TPSA) is 81.8 Å². The number of aryl methyl sites for hydroxylation is 3.